The maximum atomic E-state index is 12.3. The lowest BCUT2D eigenvalue weighted by Gasteiger charge is -2.20. The average molecular weight is 376 g/mol. The monoisotopic (exact) mass is 375 g/mol. The summed E-state index contributed by atoms with van der Waals surface area (Å²) in [6.45, 7) is 5.04. The van der Waals surface area contributed by atoms with E-state index in [1.54, 1.807) is 0 Å². The molecule has 4 nitrogen and oxygen atoms in total. The number of halogens is 1. The van der Waals surface area contributed by atoms with Gasteiger partial charge in [0.1, 0.15) is 5.82 Å². The first-order chi connectivity index (χ1) is 11.1. The van der Waals surface area contributed by atoms with Crippen molar-refractivity contribution < 1.29 is 4.79 Å². The molecule has 0 atom stereocenters. The normalized spacial score (nSPS) is 15.7. The fourth-order valence-corrected chi connectivity index (χ4v) is 3.53. The van der Waals surface area contributed by atoms with E-state index in [-0.39, 0.29) is 11.8 Å². The standard InChI is InChI=1S/C18H22BrN3O/c1-13(19)12-22-16-10-6-5-9-15(16)21-17(22)11-20-18(23)14-7-3-2-4-8-14/h5-6,9-10,14H,1-4,7-8,11-12H2,(H,20,23). The Labute approximate surface area is 145 Å². The summed E-state index contributed by atoms with van der Waals surface area (Å²) >= 11 is 3.43. The van der Waals surface area contributed by atoms with E-state index in [1.165, 1.54) is 19.3 Å². The third-order valence-corrected chi connectivity index (χ3v) is 4.71. The largest absolute Gasteiger partial charge is 0.349 e. The van der Waals surface area contributed by atoms with Crippen LogP contribution >= 0.6 is 15.9 Å². The maximum absolute atomic E-state index is 12.3. The third-order valence-electron chi connectivity index (χ3n) is 4.46. The molecule has 23 heavy (non-hydrogen) atoms. The summed E-state index contributed by atoms with van der Waals surface area (Å²) in [6.07, 6.45) is 5.62. The van der Waals surface area contributed by atoms with E-state index >= 15 is 0 Å². The molecule has 2 aromatic rings. The van der Waals surface area contributed by atoms with E-state index in [2.05, 4.69) is 37.4 Å². The van der Waals surface area contributed by atoms with E-state index in [1.807, 2.05) is 24.3 Å². The van der Waals surface area contributed by atoms with E-state index in [9.17, 15) is 4.79 Å². The van der Waals surface area contributed by atoms with Crippen molar-refractivity contribution in [1.82, 2.24) is 14.9 Å². The van der Waals surface area contributed by atoms with Gasteiger partial charge in [-0.3, -0.25) is 4.79 Å². The van der Waals surface area contributed by atoms with Crippen molar-refractivity contribution in [2.75, 3.05) is 0 Å². The van der Waals surface area contributed by atoms with Crippen LogP contribution in [0.15, 0.2) is 35.3 Å². The number of fused-ring (bicyclic) bond motifs is 1. The second kappa shape index (κ2) is 7.30. The van der Waals surface area contributed by atoms with Gasteiger partial charge in [0.15, 0.2) is 0 Å². The molecule has 1 heterocycles. The van der Waals surface area contributed by atoms with Gasteiger partial charge in [-0.2, -0.15) is 0 Å². The molecule has 0 bridgehead atoms. The van der Waals surface area contributed by atoms with Gasteiger partial charge in [-0.25, -0.2) is 4.98 Å². The van der Waals surface area contributed by atoms with Crippen molar-refractivity contribution in [3.8, 4) is 0 Å². The zero-order valence-corrected chi connectivity index (χ0v) is 14.8. The van der Waals surface area contributed by atoms with Crippen LogP contribution in [0.1, 0.15) is 37.9 Å². The minimum absolute atomic E-state index is 0.168. The smallest absolute Gasteiger partial charge is 0.223 e. The van der Waals surface area contributed by atoms with Gasteiger partial charge in [0, 0.05) is 10.4 Å². The van der Waals surface area contributed by atoms with E-state index in [4.69, 9.17) is 0 Å². The number of para-hydroxylation sites is 2. The first kappa shape index (κ1) is 16.2. The Hall–Kier alpha value is -1.62. The number of carbonyl (C=O) groups is 1. The lowest BCUT2D eigenvalue weighted by atomic mass is 9.89. The van der Waals surface area contributed by atoms with Crippen molar-refractivity contribution in [2.24, 2.45) is 5.92 Å². The fraction of sp³-hybridized carbons (Fsp3) is 0.444. The summed E-state index contributed by atoms with van der Waals surface area (Å²) in [4.78, 5) is 17.0. The predicted octanol–water partition coefficient (Wildman–Crippen LogP) is 4.14. The van der Waals surface area contributed by atoms with Gasteiger partial charge >= 0.3 is 0 Å². The Morgan fingerprint density at radius 3 is 2.78 bits per heavy atom. The minimum atomic E-state index is 0.168. The molecule has 1 aromatic carbocycles. The Morgan fingerprint density at radius 1 is 1.30 bits per heavy atom. The number of imidazole rings is 1. The van der Waals surface area contributed by atoms with E-state index in [0.29, 0.717) is 13.1 Å². The Balaban J connectivity index is 1.76. The van der Waals surface area contributed by atoms with Crippen molar-refractivity contribution in [3.63, 3.8) is 0 Å². The molecule has 0 radical (unpaired) electrons. The molecule has 5 heteroatoms. The number of carbonyl (C=O) groups excluding carboxylic acids is 1. The number of nitrogens with zero attached hydrogens (tertiary/aromatic N) is 2. The predicted molar refractivity (Wildman–Crippen MR) is 96.2 cm³/mol. The molecular weight excluding hydrogens is 354 g/mol. The highest BCUT2D eigenvalue weighted by atomic mass is 79.9. The summed E-state index contributed by atoms with van der Waals surface area (Å²) in [7, 11) is 0. The van der Waals surface area contributed by atoms with Crippen LogP contribution in [0.3, 0.4) is 0 Å². The molecule has 122 valence electrons. The van der Waals surface area contributed by atoms with Gasteiger partial charge in [0.25, 0.3) is 0 Å². The second-order valence-electron chi connectivity index (χ2n) is 6.17. The SMILES string of the molecule is C=C(Br)Cn1c(CNC(=O)C2CCCCC2)nc2ccccc21. The summed E-state index contributed by atoms with van der Waals surface area (Å²) in [5.74, 6) is 1.21. The first-order valence-corrected chi connectivity index (χ1v) is 8.99. The number of hydrogen-bond donors (Lipinski definition) is 1. The number of benzene rings is 1. The van der Waals surface area contributed by atoms with E-state index < -0.39 is 0 Å². The van der Waals surface area contributed by atoms with Gasteiger partial charge < -0.3 is 9.88 Å². The van der Waals surface area contributed by atoms with Crippen LogP contribution in [-0.2, 0) is 17.9 Å². The molecule has 1 amide bonds. The van der Waals surface area contributed by atoms with Crippen LogP contribution in [0.2, 0.25) is 0 Å². The van der Waals surface area contributed by atoms with Crippen LogP contribution in [0.25, 0.3) is 11.0 Å². The quantitative estimate of drug-likeness (QED) is 0.853. The number of allylic oxidation sites excluding steroid dienone is 1. The van der Waals surface area contributed by atoms with Gasteiger partial charge in [-0.1, -0.05) is 53.9 Å². The molecule has 1 aliphatic rings. The van der Waals surface area contributed by atoms with Crippen LogP contribution < -0.4 is 5.32 Å². The van der Waals surface area contributed by atoms with Crippen LogP contribution in [0.5, 0.6) is 0 Å². The van der Waals surface area contributed by atoms with Gasteiger partial charge in [0.2, 0.25) is 5.91 Å². The van der Waals surface area contributed by atoms with Gasteiger partial charge in [-0.15, -0.1) is 0 Å². The summed E-state index contributed by atoms with van der Waals surface area (Å²) in [5.41, 5.74) is 2.01. The first-order valence-electron chi connectivity index (χ1n) is 8.20. The fourth-order valence-electron chi connectivity index (χ4n) is 3.28. The molecule has 0 unspecified atom stereocenters. The highest BCUT2D eigenvalue weighted by Gasteiger charge is 2.21. The van der Waals surface area contributed by atoms with Gasteiger partial charge in [-0.05, 0) is 25.0 Å². The number of hydrogen-bond acceptors (Lipinski definition) is 2. The Morgan fingerprint density at radius 2 is 2.04 bits per heavy atom. The zero-order valence-electron chi connectivity index (χ0n) is 13.2. The Kier molecular flexibility index (Phi) is 5.16. The summed E-state index contributed by atoms with van der Waals surface area (Å²) in [5, 5.41) is 3.08. The number of rotatable bonds is 5. The van der Waals surface area contributed by atoms with Gasteiger partial charge in [0.05, 0.1) is 24.1 Å². The van der Waals surface area contributed by atoms with Crippen LogP contribution in [0, 0.1) is 5.92 Å². The molecule has 3 rings (SSSR count). The molecule has 1 aliphatic carbocycles. The number of nitrogens with one attached hydrogen (secondary N) is 1. The molecular formula is C18H22BrN3O. The third kappa shape index (κ3) is 3.83. The minimum Gasteiger partial charge on any atom is -0.349 e. The highest BCUT2D eigenvalue weighted by molar-refractivity contribution is 9.11. The zero-order chi connectivity index (χ0) is 16.2. The van der Waals surface area contributed by atoms with Crippen LogP contribution in [0.4, 0.5) is 0 Å². The van der Waals surface area contributed by atoms with Crippen molar-refractivity contribution in [2.45, 2.75) is 45.2 Å². The molecule has 0 saturated heterocycles. The molecule has 1 saturated carbocycles. The average Bonchev–Trinajstić information content (AvgIpc) is 2.91. The van der Waals surface area contributed by atoms with Crippen LogP contribution in [-0.4, -0.2) is 15.5 Å². The maximum Gasteiger partial charge on any atom is 0.223 e. The summed E-state index contributed by atoms with van der Waals surface area (Å²) in [6, 6.07) is 8.02. The summed E-state index contributed by atoms with van der Waals surface area (Å²) < 4.78 is 2.99. The molecule has 1 fully saturated rings. The second-order valence-corrected chi connectivity index (χ2v) is 7.29. The number of aromatic nitrogens is 2. The molecule has 0 aliphatic heterocycles. The lowest BCUT2D eigenvalue weighted by molar-refractivity contribution is -0.126. The molecule has 1 N–H and O–H groups in total. The van der Waals surface area contributed by atoms with E-state index in [0.717, 1.165) is 34.2 Å². The van der Waals surface area contributed by atoms with Crippen molar-refractivity contribution in [3.05, 3.63) is 41.2 Å². The van der Waals surface area contributed by atoms with Crippen molar-refractivity contribution >= 4 is 32.9 Å². The highest BCUT2D eigenvalue weighted by Crippen LogP contribution is 2.24. The lowest BCUT2D eigenvalue weighted by Crippen LogP contribution is -2.32. The number of amides is 1. The topological polar surface area (TPSA) is 46.9 Å². The van der Waals surface area contributed by atoms with Crippen molar-refractivity contribution in [1.29, 1.82) is 0 Å². The Bertz CT molecular complexity index is 716. The molecule has 0 spiro atoms. The molecule has 1 aromatic heterocycles.